The van der Waals surface area contributed by atoms with E-state index in [1.807, 2.05) is 17.9 Å². The van der Waals surface area contributed by atoms with Gasteiger partial charge in [-0.25, -0.2) is 0 Å². The second-order valence-corrected chi connectivity index (χ2v) is 6.48. The normalized spacial score (nSPS) is 19.2. The van der Waals surface area contributed by atoms with E-state index < -0.39 is 0 Å². The molecule has 0 bridgehead atoms. The SMILES string of the molecule is Cn1cc(CCC(NN)C(C)(C)N2CCCCC2)cn1. The molecule has 1 aliphatic rings. The first-order valence-electron chi connectivity index (χ1n) is 7.72. The van der Waals surface area contributed by atoms with Crippen molar-refractivity contribution in [3.05, 3.63) is 18.0 Å². The molecule has 1 atom stereocenters. The van der Waals surface area contributed by atoms with Crippen molar-refractivity contribution < 1.29 is 0 Å². The summed E-state index contributed by atoms with van der Waals surface area (Å²) < 4.78 is 1.86. The molecule has 0 spiro atoms. The van der Waals surface area contributed by atoms with Crippen molar-refractivity contribution in [1.82, 2.24) is 20.1 Å². The number of nitrogens with zero attached hydrogens (tertiary/aromatic N) is 3. The van der Waals surface area contributed by atoms with Gasteiger partial charge in [-0.2, -0.15) is 5.10 Å². The van der Waals surface area contributed by atoms with E-state index in [-0.39, 0.29) is 5.54 Å². The molecule has 1 saturated heterocycles. The van der Waals surface area contributed by atoms with Crippen LogP contribution >= 0.6 is 0 Å². The first-order valence-corrected chi connectivity index (χ1v) is 7.72. The molecule has 5 nitrogen and oxygen atoms in total. The van der Waals surface area contributed by atoms with Crippen LogP contribution in [0.25, 0.3) is 0 Å². The van der Waals surface area contributed by atoms with Gasteiger partial charge in [0, 0.05) is 24.8 Å². The summed E-state index contributed by atoms with van der Waals surface area (Å²) in [5.41, 5.74) is 4.42. The third-order valence-corrected chi connectivity index (χ3v) is 4.71. The Kier molecular flexibility index (Phi) is 5.18. The summed E-state index contributed by atoms with van der Waals surface area (Å²) in [6, 6.07) is 0.292. The fraction of sp³-hybridized carbons (Fsp3) is 0.800. The molecular weight excluding hydrogens is 250 g/mol. The maximum atomic E-state index is 5.84. The maximum Gasteiger partial charge on any atom is 0.0521 e. The number of nitrogens with one attached hydrogen (secondary N) is 1. The van der Waals surface area contributed by atoms with Gasteiger partial charge in [0.05, 0.1) is 6.20 Å². The van der Waals surface area contributed by atoms with Crippen molar-refractivity contribution in [2.75, 3.05) is 13.1 Å². The Hall–Kier alpha value is -0.910. The summed E-state index contributed by atoms with van der Waals surface area (Å²) in [5, 5.41) is 4.23. The number of hydrogen-bond acceptors (Lipinski definition) is 4. The quantitative estimate of drug-likeness (QED) is 0.611. The lowest BCUT2D eigenvalue weighted by Crippen LogP contribution is -2.60. The number of hydrazine groups is 1. The lowest BCUT2D eigenvalue weighted by Gasteiger charge is -2.45. The summed E-state index contributed by atoms with van der Waals surface area (Å²) in [6.45, 7) is 7.01. The van der Waals surface area contributed by atoms with E-state index >= 15 is 0 Å². The molecule has 2 heterocycles. The van der Waals surface area contributed by atoms with Gasteiger partial charge in [0.25, 0.3) is 0 Å². The Balaban J connectivity index is 1.95. The fourth-order valence-corrected chi connectivity index (χ4v) is 3.24. The molecule has 1 aromatic rings. The van der Waals surface area contributed by atoms with Crippen LogP contribution in [0.15, 0.2) is 12.4 Å². The predicted octanol–water partition coefficient (Wildman–Crippen LogP) is 1.45. The first kappa shape index (κ1) is 15.5. The van der Waals surface area contributed by atoms with E-state index in [1.54, 1.807) is 0 Å². The zero-order valence-corrected chi connectivity index (χ0v) is 13.1. The van der Waals surface area contributed by atoms with Crippen LogP contribution in [-0.4, -0.2) is 39.4 Å². The number of rotatable bonds is 6. The second-order valence-electron chi connectivity index (χ2n) is 6.48. The second kappa shape index (κ2) is 6.70. The van der Waals surface area contributed by atoms with Gasteiger partial charge in [0.1, 0.15) is 0 Å². The van der Waals surface area contributed by atoms with Gasteiger partial charge < -0.3 is 0 Å². The van der Waals surface area contributed by atoms with Gasteiger partial charge in [-0.15, -0.1) is 0 Å². The molecule has 1 fully saturated rings. The summed E-state index contributed by atoms with van der Waals surface area (Å²) in [7, 11) is 1.96. The number of nitrogens with two attached hydrogens (primary N) is 1. The number of piperidine rings is 1. The minimum atomic E-state index is 0.0946. The van der Waals surface area contributed by atoms with Crippen LogP contribution in [-0.2, 0) is 13.5 Å². The van der Waals surface area contributed by atoms with Gasteiger partial charge >= 0.3 is 0 Å². The Morgan fingerprint density at radius 3 is 2.60 bits per heavy atom. The number of likely N-dealkylation sites (tertiary alicyclic amines) is 1. The van der Waals surface area contributed by atoms with Crippen LogP contribution in [0.1, 0.15) is 45.1 Å². The summed E-state index contributed by atoms with van der Waals surface area (Å²) in [5.74, 6) is 5.84. The van der Waals surface area contributed by atoms with Crippen molar-refractivity contribution >= 4 is 0 Å². The molecular formula is C15H29N5. The number of aryl methyl sites for hydroxylation is 2. The van der Waals surface area contributed by atoms with E-state index in [9.17, 15) is 0 Å². The molecule has 0 aliphatic carbocycles. The van der Waals surface area contributed by atoms with Gasteiger partial charge in [0.2, 0.25) is 0 Å². The van der Waals surface area contributed by atoms with Gasteiger partial charge in [-0.05, 0) is 58.2 Å². The monoisotopic (exact) mass is 279 g/mol. The third-order valence-electron chi connectivity index (χ3n) is 4.71. The van der Waals surface area contributed by atoms with Crippen LogP contribution in [0.3, 0.4) is 0 Å². The summed E-state index contributed by atoms with van der Waals surface area (Å²) >= 11 is 0. The van der Waals surface area contributed by atoms with Crippen LogP contribution in [0.5, 0.6) is 0 Å². The maximum absolute atomic E-state index is 5.84. The van der Waals surface area contributed by atoms with Crippen molar-refractivity contribution in [3.8, 4) is 0 Å². The first-order chi connectivity index (χ1) is 9.54. The summed E-state index contributed by atoms with van der Waals surface area (Å²) in [4.78, 5) is 2.59. The van der Waals surface area contributed by atoms with Crippen LogP contribution < -0.4 is 11.3 Å². The molecule has 0 radical (unpaired) electrons. The molecule has 3 N–H and O–H groups in total. The molecule has 20 heavy (non-hydrogen) atoms. The molecule has 0 saturated carbocycles. The van der Waals surface area contributed by atoms with Gasteiger partial charge in [-0.1, -0.05) is 6.42 Å². The fourth-order valence-electron chi connectivity index (χ4n) is 3.24. The van der Waals surface area contributed by atoms with Crippen molar-refractivity contribution in [3.63, 3.8) is 0 Å². The van der Waals surface area contributed by atoms with Crippen molar-refractivity contribution in [1.29, 1.82) is 0 Å². The van der Waals surface area contributed by atoms with E-state index in [2.05, 4.69) is 35.5 Å². The topological polar surface area (TPSA) is 59.1 Å². The minimum absolute atomic E-state index is 0.0946. The highest BCUT2D eigenvalue weighted by atomic mass is 15.3. The van der Waals surface area contributed by atoms with Gasteiger partial charge in [0.15, 0.2) is 0 Å². The number of aromatic nitrogens is 2. The highest BCUT2D eigenvalue weighted by molar-refractivity contribution is 5.05. The average molecular weight is 279 g/mol. The Bertz CT molecular complexity index is 406. The van der Waals surface area contributed by atoms with E-state index in [0.29, 0.717) is 6.04 Å². The van der Waals surface area contributed by atoms with Crippen molar-refractivity contribution in [2.45, 2.75) is 57.5 Å². The summed E-state index contributed by atoms with van der Waals surface area (Å²) in [6.07, 6.45) is 10.1. The van der Waals surface area contributed by atoms with Crippen molar-refractivity contribution in [2.24, 2.45) is 12.9 Å². The van der Waals surface area contributed by atoms with E-state index in [1.165, 1.54) is 37.9 Å². The highest BCUT2D eigenvalue weighted by Crippen LogP contribution is 2.25. The largest absolute Gasteiger partial charge is 0.297 e. The van der Waals surface area contributed by atoms with Crippen LogP contribution in [0.4, 0.5) is 0 Å². The Morgan fingerprint density at radius 2 is 2.05 bits per heavy atom. The Labute approximate surface area is 122 Å². The lowest BCUT2D eigenvalue weighted by atomic mass is 9.87. The predicted molar refractivity (Wildman–Crippen MR) is 82.1 cm³/mol. The molecule has 114 valence electrons. The average Bonchev–Trinajstić information content (AvgIpc) is 2.86. The van der Waals surface area contributed by atoms with E-state index in [0.717, 1.165) is 12.8 Å². The highest BCUT2D eigenvalue weighted by Gasteiger charge is 2.35. The van der Waals surface area contributed by atoms with Gasteiger partial charge in [-0.3, -0.25) is 20.9 Å². The molecule has 5 heteroatoms. The van der Waals surface area contributed by atoms with E-state index in [4.69, 9.17) is 5.84 Å². The molecule has 1 unspecified atom stereocenters. The minimum Gasteiger partial charge on any atom is -0.297 e. The molecule has 1 aliphatic heterocycles. The zero-order valence-electron chi connectivity index (χ0n) is 13.1. The standard InChI is InChI=1S/C15H29N5/c1-15(2,20-9-5-4-6-10-20)14(18-16)8-7-13-11-17-19(3)12-13/h11-12,14,18H,4-10,16H2,1-3H3. The number of hydrogen-bond donors (Lipinski definition) is 2. The lowest BCUT2D eigenvalue weighted by molar-refractivity contribution is 0.0583. The molecule has 0 amide bonds. The smallest absolute Gasteiger partial charge is 0.0521 e. The molecule has 2 rings (SSSR count). The molecule has 0 aromatic carbocycles. The van der Waals surface area contributed by atoms with Crippen LogP contribution in [0, 0.1) is 0 Å². The third kappa shape index (κ3) is 3.59. The van der Waals surface area contributed by atoms with Crippen LogP contribution in [0.2, 0.25) is 0 Å². The molecule has 1 aromatic heterocycles. The Morgan fingerprint density at radius 1 is 1.35 bits per heavy atom. The zero-order chi connectivity index (χ0) is 14.6.